The quantitative estimate of drug-likeness (QED) is 0.761. The van der Waals surface area contributed by atoms with Crippen LogP contribution in [0.2, 0.25) is 0 Å². The highest BCUT2D eigenvalue weighted by molar-refractivity contribution is 5.95. The predicted octanol–water partition coefficient (Wildman–Crippen LogP) is 2.87. The Morgan fingerprint density at radius 1 is 1.21 bits per heavy atom. The Balaban J connectivity index is 1.71. The number of aliphatic hydroxyl groups is 1. The van der Waals surface area contributed by atoms with Gasteiger partial charge in [0.25, 0.3) is 5.91 Å². The Kier molecular flexibility index (Phi) is 3.58. The number of hydrogen-bond donors (Lipinski definition) is 2. The molecule has 24 heavy (non-hydrogen) atoms. The Labute approximate surface area is 138 Å². The number of para-hydroxylation sites is 1. The lowest BCUT2D eigenvalue weighted by molar-refractivity contribution is 0.0541. The monoisotopic (exact) mass is 324 g/mol. The molecule has 4 rings (SSSR count). The second-order valence-electron chi connectivity index (χ2n) is 6.11. The number of aliphatic hydroxyl groups excluding tert-OH is 1. The molecule has 122 valence electrons. The van der Waals surface area contributed by atoms with E-state index in [-0.39, 0.29) is 24.4 Å². The highest BCUT2D eigenvalue weighted by atomic mass is 19.1. The molecule has 2 heterocycles. The zero-order valence-electron chi connectivity index (χ0n) is 13.0. The number of aromatic nitrogens is 1. The number of nitrogens with one attached hydrogen (secondary N) is 1. The molecule has 0 spiro atoms. The maximum atomic E-state index is 13.1. The van der Waals surface area contributed by atoms with E-state index in [0.29, 0.717) is 18.5 Å². The van der Waals surface area contributed by atoms with Gasteiger partial charge in [0.1, 0.15) is 5.82 Å². The number of aromatic amines is 1. The Hall–Kier alpha value is -2.66. The molecule has 5 heteroatoms. The number of rotatable bonds is 2. The summed E-state index contributed by atoms with van der Waals surface area (Å²) in [4.78, 5) is 17.8. The number of hydrogen-bond acceptors (Lipinski definition) is 2. The third kappa shape index (κ3) is 2.37. The summed E-state index contributed by atoms with van der Waals surface area (Å²) in [6.45, 7) is 0.303. The van der Waals surface area contributed by atoms with E-state index in [9.17, 15) is 14.3 Å². The van der Waals surface area contributed by atoms with E-state index in [1.807, 2.05) is 18.2 Å². The zero-order chi connectivity index (χ0) is 16.7. The van der Waals surface area contributed by atoms with Crippen LogP contribution in [0.4, 0.5) is 4.39 Å². The fraction of sp³-hybridized carbons (Fsp3) is 0.211. The number of H-pyrrole nitrogens is 1. The summed E-state index contributed by atoms with van der Waals surface area (Å²) in [7, 11) is 0. The third-order valence-electron chi connectivity index (χ3n) is 4.67. The summed E-state index contributed by atoms with van der Waals surface area (Å²) in [6, 6.07) is 13.2. The van der Waals surface area contributed by atoms with Gasteiger partial charge in [-0.3, -0.25) is 4.79 Å². The van der Waals surface area contributed by atoms with Crippen LogP contribution in [0.25, 0.3) is 10.9 Å². The summed E-state index contributed by atoms with van der Waals surface area (Å²) in [5, 5.41) is 10.9. The van der Waals surface area contributed by atoms with Crippen molar-refractivity contribution < 1.29 is 14.3 Å². The highest BCUT2D eigenvalue weighted by Gasteiger charge is 2.32. The fourth-order valence-corrected chi connectivity index (χ4v) is 3.43. The van der Waals surface area contributed by atoms with Gasteiger partial charge < -0.3 is 15.0 Å². The van der Waals surface area contributed by atoms with E-state index in [4.69, 9.17) is 0 Å². The molecule has 2 N–H and O–H groups in total. The van der Waals surface area contributed by atoms with E-state index in [2.05, 4.69) is 11.1 Å². The normalized spacial score (nSPS) is 17.1. The number of nitrogens with zero attached hydrogens (tertiary/aromatic N) is 1. The Bertz CT molecular complexity index is 901. The molecular weight excluding hydrogens is 307 g/mol. The first-order valence-electron chi connectivity index (χ1n) is 7.93. The first kappa shape index (κ1) is 14.9. The lowest BCUT2D eigenvalue weighted by Gasteiger charge is -2.34. The number of carbonyl (C=O) groups excluding carboxylic acids is 1. The van der Waals surface area contributed by atoms with Gasteiger partial charge in [-0.05, 0) is 42.3 Å². The minimum Gasteiger partial charge on any atom is -0.394 e. The molecule has 1 aliphatic rings. The van der Waals surface area contributed by atoms with Gasteiger partial charge in [0.05, 0.1) is 19.2 Å². The Morgan fingerprint density at radius 2 is 1.96 bits per heavy atom. The SMILES string of the molecule is O=C(c1ccc(F)cc1)N1Cc2[nH]c3ccccc3c2CC1CO. The van der Waals surface area contributed by atoms with Crippen LogP contribution in [0.3, 0.4) is 0 Å². The van der Waals surface area contributed by atoms with Crippen LogP contribution >= 0.6 is 0 Å². The molecule has 0 bridgehead atoms. The van der Waals surface area contributed by atoms with E-state index >= 15 is 0 Å². The Morgan fingerprint density at radius 3 is 2.71 bits per heavy atom. The topological polar surface area (TPSA) is 56.3 Å². The fourth-order valence-electron chi connectivity index (χ4n) is 3.43. The standard InChI is InChI=1S/C19H17FN2O2/c20-13-7-5-12(6-8-13)19(24)22-10-18-16(9-14(22)11-23)15-3-1-2-4-17(15)21-18/h1-8,14,21,23H,9-11H2. The lowest BCUT2D eigenvalue weighted by Crippen LogP contribution is -2.46. The van der Waals surface area contributed by atoms with Crippen LogP contribution in [0.5, 0.6) is 0 Å². The van der Waals surface area contributed by atoms with Crippen molar-refractivity contribution in [1.29, 1.82) is 0 Å². The first-order chi connectivity index (χ1) is 11.7. The molecule has 2 aromatic carbocycles. The van der Waals surface area contributed by atoms with Crippen molar-refractivity contribution in [3.8, 4) is 0 Å². The lowest BCUT2D eigenvalue weighted by atomic mass is 9.96. The van der Waals surface area contributed by atoms with Crippen LogP contribution in [-0.4, -0.2) is 33.5 Å². The number of halogens is 1. The zero-order valence-corrected chi connectivity index (χ0v) is 13.0. The molecule has 0 saturated carbocycles. The molecule has 0 saturated heterocycles. The number of amides is 1. The van der Waals surface area contributed by atoms with Crippen molar-refractivity contribution in [3.05, 3.63) is 71.2 Å². The molecule has 1 unspecified atom stereocenters. The molecule has 4 nitrogen and oxygen atoms in total. The van der Waals surface area contributed by atoms with Crippen LogP contribution in [0.15, 0.2) is 48.5 Å². The molecule has 1 amide bonds. The van der Waals surface area contributed by atoms with Gasteiger partial charge in [-0.25, -0.2) is 4.39 Å². The summed E-state index contributed by atoms with van der Waals surface area (Å²) >= 11 is 0. The van der Waals surface area contributed by atoms with Crippen LogP contribution < -0.4 is 0 Å². The van der Waals surface area contributed by atoms with Crippen LogP contribution in [-0.2, 0) is 13.0 Å². The van der Waals surface area contributed by atoms with E-state index in [1.165, 1.54) is 24.3 Å². The second-order valence-corrected chi connectivity index (χ2v) is 6.11. The van der Waals surface area contributed by atoms with Crippen molar-refractivity contribution in [2.24, 2.45) is 0 Å². The predicted molar refractivity (Wildman–Crippen MR) is 89.2 cm³/mol. The van der Waals surface area contributed by atoms with Gasteiger partial charge in [-0.2, -0.15) is 0 Å². The smallest absolute Gasteiger partial charge is 0.254 e. The third-order valence-corrected chi connectivity index (χ3v) is 4.67. The first-order valence-corrected chi connectivity index (χ1v) is 7.93. The minimum atomic E-state index is -0.373. The van der Waals surface area contributed by atoms with Gasteiger partial charge in [-0.15, -0.1) is 0 Å². The highest BCUT2D eigenvalue weighted by Crippen LogP contribution is 2.30. The summed E-state index contributed by atoms with van der Waals surface area (Å²) < 4.78 is 13.1. The van der Waals surface area contributed by atoms with Gasteiger partial charge >= 0.3 is 0 Å². The van der Waals surface area contributed by atoms with E-state index < -0.39 is 0 Å². The second kappa shape index (κ2) is 5.76. The molecule has 0 aliphatic carbocycles. The van der Waals surface area contributed by atoms with Crippen molar-refractivity contribution >= 4 is 16.8 Å². The van der Waals surface area contributed by atoms with Crippen molar-refractivity contribution in [3.63, 3.8) is 0 Å². The maximum Gasteiger partial charge on any atom is 0.254 e. The average molecular weight is 324 g/mol. The summed E-state index contributed by atoms with van der Waals surface area (Å²) in [5.41, 5.74) is 3.62. The van der Waals surface area contributed by atoms with Crippen LogP contribution in [0.1, 0.15) is 21.6 Å². The van der Waals surface area contributed by atoms with Gasteiger partial charge in [0.15, 0.2) is 0 Å². The van der Waals surface area contributed by atoms with Crippen molar-refractivity contribution in [2.75, 3.05) is 6.61 Å². The molecule has 3 aromatic rings. The molecule has 0 fully saturated rings. The molecule has 1 aliphatic heterocycles. The molecule has 1 atom stereocenters. The molecule has 1 aromatic heterocycles. The largest absolute Gasteiger partial charge is 0.394 e. The molecular formula is C19H17FN2O2. The van der Waals surface area contributed by atoms with Gasteiger partial charge in [0.2, 0.25) is 0 Å². The summed E-state index contributed by atoms with van der Waals surface area (Å²) in [5.74, 6) is -0.569. The minimum absolute atomic E-state index is 0.105. The maximum absolute atomic E-state index is 13.1. The van der Waals surface area contributed by atoms with Crippen molar-refractivity contribution in [2.45, 2.75) is 19.0 Å². The number of benzene rings is 2. The van der Waals surface area contributed by atoms with Gasteiger partial charge in [0, 0.05) is 22.2 Å². The number of carbonyl (C=O) groups is 1. The number of fused-ring (bicyclic) bond motifs is 3. The van der Waals surface area contributed by atoms with Crippen LogP contribution in [0, 0.1) is 5.82 Å². The average Bonchev–Trinajstić information content (AvgIpc) is 2.98. The van der Waals surface area contributed by atoms with Crippen molar-refractivity contribution in [1.82, 2.24) is 9.88 Å². The molecule has 0 radical (unpaired) electrons. The summed E-state index contributed by atoms with van der Waals surface area (Å²) in [6.07, 6.45) is 0.600. The van der Waals surface area contributed by atoms with Gasteiger partial charge in [-0.1, -0.05) is 18.2 Å². The van der Waals surface area contributed by atoms with E-state index in [1.54, 1.807) is 4.90 Å². The van der Waals surface area contributed by atoms with E-state index in [0.717, 1.165) is 22.2 Å².